The number of hydrogen-bond donors (Lipinski definition) is 1. The van der Waals surface area contributed by atoms with Crippen LogP contribution in [-0.2, 0) is 0 Å². The lowest BCUT2D eigenvalue weighted by Gasteiger charge is -2.07. The number of benzene rings is 2. The molecule has 23 heavy (non-hydrogen) atoms. The van der Waals surface area contributed by atoms with Crippen molar-refractivity contribution >= 4 is 48.6 Å². The fourth-order valence-corrected chi connectivity index (χ4v) is 3.49. The zero-order valence-electron chi connectivity index (χ0n) is 13.8. The summed E-state index contributed by atoms with van der Waals surface area (Å²) in [4.78, 5) is 13.0. The van der Waals surface area contributed by atoms with Crippen LogP contribution in [0.3, 0.4) is 0 Å². The number of carbonyl (C=O) groups is 1. The van der Waals surface area contributed by atoms with Gasteiger partial charge in [0.25, 0.3) is 0 Å². The molecule has 2 aromatic carbocycles. The van der Waals surface area contributed by atoms with Crippen LogP contribution in [0, 0.1) is 0 Å². The topological polar surface area (TPSA) is 50.4 Å². The number of alkyl halides is 1. The number of fused-ring (bicyclic) bond motifs is 1. The third-order valence-electron chi connectivity index (χ3n) is 3.37. The van der Waals surface area contributed by atoms with Gasteiger partial charge in [0.2, 0.25) is 0 Å². The van der Waals surface area contributed by atoms with Gasteiger partial charge >= 0.3 is 0 Å². The molecule has 0 saturated carbocycles. The molecular weight excluding hydrogens is 431 g/mol. The Morgan fingerprint density at radius 1 is 1.30 bits per heavy atom. The quantitative estimate of drug-likeness (QED) is 0.510. The fraction of sp³-hybridized carbons (Fsp3) is 0.118. The largest absolute Gasteiger partial charge is 0.506 e. The minimum Gasteiger partial charge on any atom is -0.506 e. The van der Waals surface area contributed by atoms with Gasteiger partial charge in [-0.1, -0.05) is 18.2 Å². The summed E-state index contributed by atoms with van der Waals surface area (Å²) >= 11 is 6.32. The molecule has 1 N–H and O–H groups in total. The molecule has 118 valence electrons. The number of aromatic hydroxyl groups is 1. The van der Waals surface area contributed by atoms with Crippen LogP contribution in [0.25, 0.3) is 11.0 Å². The molecule has 1 aromatic heterocycles. The van der Waals surface area contributed by atoms with Gasteiger partial charge in [0, 0.05) is 10.9 Å². The Kier molecular flexibility index (Phi) is 3.64. The molecule has 3 aromatic rings. The van der Waals surface area contributed by atoms with Crippen LogP contribution in [0.5, 0.6) is 5.75 Å². The van der Waals surface area contributed by atoms with E-state index in [-0.39, 0.29) is 45.7 Å². The number of ketones is 1. The second-order valence-electron chi connectivity index (χ2n) is 4.93. The average molecular weight is 444 g/mol. The Hall–Kier alpha value is -1.66. The summed E-state index contributed by atoms with van der Waals surface area (Å²) in [6.45, 7) is 1.25. The predicted octanol–water partition coefficient (Wildman–Crippen LogP) is 5.92. The lowest BCUT2D eigenvalue weighted by atomic mass is 9.99. The summed E-state index contributed by atoms with van der Waals surface area (Å²) in [5.74, 6) is -0.706. The molecule has 0 bridgehead atoms. The van der Waals surface area contributed by atoms with Crippen LogP contribution in [0.4, 0.5) is 4.39 Å². The van der Waals surface area contributed by atoms with Crippen LogP contribution < -0.4 is 0 Å². The first-order valence-corrected chi connectivity index (χ1v) is 8.19. The van der Waals surface area contributed by atoms with E-state index < -0.39 is 12.0 Å². The van der Waals surface area contributed by atoms with E-state index in [1.54, 1.807) is 0 Å². The minimum atomic E-state index is -1.54. The zero-order chi connectivity index (χ0) is 18.5. The summed E-state index contributed by atoms with van der Waals surface area (Å²) in [6, 6.07) is 5.30. The highest BCUT2D eigenvalue weighted by atomic mass is 79.9. The summed E-state index contributed by atoms with van der Waals surface area (Å²) in [6.07, 6.45) is -1.54. The summed E-state index contributed by atoms with van der Waals surface area (Å²) < 4.78 is 35.5. The average Bonchev–Trinajstić information content (AvgIpc) is 2.90. The highest BCUT2D eigenvalue weighted by molar-refractivity contribution is 9.11. The summed E-state index contributed by atoms with van der Waals surface area (Å²) in [5.41, 5.74) is 0.409. The van der Waals surface area contributed by atoms with Crippen LogP contribution in [0.15, 0.2) is 49.7 Å². The van der Waals surface area contributed by atoms with Crippen molar-refractivity contribution in [2.45, 2.75) is 13.1 Å². The third kappa shape index (κ3) is 2.81. The van der Waals surface area contributed by atoms with Gasteiger partial charge in [0.05, 0.1) is 17.3 Å². The van der Waals surface area contributed by atoms with Gasteiger partial charge in [-0.25, -0.2) is 4.39 Å². The van der Waals surface area contributed by atoms with Gasteiger partial charge in [0.1, 0.15) is 17.1 Å². The van der Waals surface area contributed by atoms with E-state index in [0.717, 1.165) is 0 Å². The molecule has 6 heteroatoms. The number of furan rings is 1. The molecular formula is C17H11Br2FO3. The third-order valence-corrected chi connectivity index (χ3v) is 4.58. The molecule has 0 aliphatic rings. The Balaban J connectivity index is 2.28. The van der Waals surface area contributed by atoms with E-state index in [2.05, 4.69) is 31.9 Å². The van der Waals surface area contributed by atoms with E-state index in [1.807, 2.05) is 0 Å². The standard InChI is InChI=1S/C17H11Br2FO3/c1-8(20)17-14(10-4-2-3-5-13(10)23-17)15(21)9-6-11(18)16(22)12(19)7-9/h2-8,22H,1H3/i2D,3D. The first-order valence-electron chi connectivity index (χ1n) is 7.61. The second kappa shape index (κ2) is 6.09. The first kappa shape index (κ1) is 13.7. The summed E-state index contributed by atoms with van der Waals surface area (Å²) in [5, 5.41) is 10.1. The van der Waals surface area contributed by atoms with Gasteiger partial charge in [-0.2, -0.15) is 0 Å². The van der Waals surface area contributed by atoms with E-state index in [1.165, 1.54) is 31.2 Å². The lowest BCUT2D eigenvalue weighted by Crippen LogP contribution is -2.04. The fourth-order valence-electron chi connectivity index (χ4n) is 2.31. The van der Waals surface area contributed by atoms with E-state index in [4.69, 9.17) is 7.16 Å². The number of rotatable bonds is 3. The smallest absolute Gasteiger partial charge is 0.197 e. The lowest BCUT2D eigenvalue weighted by molar-refractivity contribution is 0.103. The van der Waals surface area contributed by atoms with Gasteiger partial charge in [-0.3, -0.25) is 4.79 Å². The predicted molar refractivity (Wildman–Crippen MR) is 92.7 cm³/mol. The highest BCUT2D eigenvalue weighted by Gasteiger charge is 2.26. The molecule has 0 saturated heterocycles. The Morgan fingerprint density at radius 3 is 2.52 bits per heavy atom. The number of phenolic OH excluding ortho intramolecular Hbond substituents is 1. The number of phenols is 1. The molecule has 0 spiro atoms. The van der Waals surface area contributed by atoms with Crippen molar-refractivity contribution in [1.29, 1.82) is 0 Å². The molecule has 0 aliphatic heterocycles. The summed E-state index contributed by atoms with van der Waals surface area (Å²) in [7, 11) is 0. The Morgan fingerprint density at radius 2 is 1.91 bits per heavy atom. The molecule has 0 amide bonds. The zero-order valence-corrected chi connectivity index (χ0v) is 15.0. The maximum atomic E-state index is 14.0. The van der Waals surface area contributed by atoms with Gasteiger partial charge in [0.15, 0.2) is 12.0 Å². The maximum absolute atomic E-state index is 14.0. The van der Waals surface area contributed by atoms with Crippen LogP contribution in [-0.4, -0.2) is 10.9 Å². The molecule has 1 heterocycles. The number of para-hydroxylation sites is 1. The molecule has 1 atom stereocenters. The number of carbonyl (C=O) groups excluding carboxylic acids is 1. The van der Waals surface area contributed by atoms with Crippen molar-refractivity contribution in [3.63, 3.8) is 0 Å². The molecule has 3 nitrogen and oxygen atoms in total. The first-order chi connectivity index (χ1) is 11.7. The molecule has 0 aliphatic carbocycles. The maximum Gasteiger partial charge on any atom is 0.197 e. The SMILES string of the molecule is [2H]c1cc2oc(C(C)F)c(C(=O)c3cc(Br)c(O)c(Br)c3)c2cc1[2H]. The van der Waals surface area contributed by atoms with Crippen molar-refractivity contribution in [1.82, 2.24) is 0 Å². The van der Waals surface area contributed by atoms with Gasteiger partial charge < -0.3 is 9.52 Å². The van der Waals surface area contributed by atoms with E-state index in [9.17, 15) is 14.3 Å². The van der Waals surface area contributed by atoms with Crippen molar-refractivity contribution in [2.75, 3.05) is 0 Å². The van der Waals surface area contributed by atoms with Crippen molar-refractivity contribution in [3.8, 4) is 5.75 Å². The molecule has 3 rings (SSSR count). The van der Waals surface area contributed by atoms with Gasteiger partial charge in [-0.05, 0) is 57.0 Å². The normalized spacial score (nSPS) is 13.7. The van der Waals surface area contributed by atoms with Crippen molar-refractivity contribution < 1.29 is 21.5 Å². The van der Waals surface area contributed by atoms with E-state index in [0.29, 0.717) is 8.95 Å². The molecule has 1 unspecified atom stereocenters. The molecule has 0 fully saturated rings. The Labute approximate surface area is 151 Å². The van der Waals surface area contributed by atoms with Crippen molar-refractivity contribution in [3.05, 3.63) is 62.2 Å². The number of halogens is 3. The second-order valence-corrected chi connectivity index (χ2v) is 6.64. The monoisotopic (exact) mass is 442 g/mol. The Bertz CT molecular complexity index is 992. The molecule has 0 radical (unpaired) electrons. The van der Waals surface area contributed by atoms with Crippen molar-refractivity contribution in [2.24, 2.45) is 0 Å². The van der Waals surface area contributed by atoms with Gasteiger partial charge in [-0.15, -0.1) is 0 Å². The van der Waals surface area contributed by atoms with Crippen LogP contribution in [0.2, 0.25) is 0 Å². The minimum absolute atomic E-state index is 0.0167. The van der Waals surface area contributed by atoms with Crippen LogP contribution >= 0.6 is 31.9 Å². The van der Waals surface area contributed by atoms with E-state index >= 15 is 0 Å². The highest BCUT2D eigenvalue weighted by Crippen LogP contribution is 2.37. The number of hydrogen-bond acceptors (Lipinski definition) is 3. The van der Waals surface area contributed by atoms with Crippen LogP contribution in [0.1, 0.15) is 37.5 Å².